The van der Waals surface area contributed by atoms with Crippen LogP contribution in [0.3, 0.4) is 0 Å². The van der Waals surface area contributed by atoms with Crippen molar-refractivity contribution in [2.24, 2.45) is 0 Å². The van der Waals surface area contributed by atoms with Crippen molar-refractivity contribution in [2.45, 2.75) is 11.9 Å². The number of nitrogens with two attached hydrogens (primary N) is 1. The molecule has 134 valence electrons. The van der Waals surface area contributed by atoms with E-state index in [1.807, 2.05) is 59.2 Å². The van der Waals surface area contributed by atoms with Crippen molar-refractivity contribution >= 4 is 28.6 Å². The Bertz CT molecular complexity index is 1100. The summed E-state index contributed by atoms with van der Waals surface area (Å²) in [5.41, 5.74) is 9.78. The number of nitrogens with zero attached hydrogens (tertiary/aromatic N) is 4. The van der Waals surface area contributed by atoms with Gasteiger partial charge in [0, 0.05) is 11.8 Å². The van der Waals surface area contributed by atoms with Crippen molar-refractivity contribution < 1.29 is 0 Å². The highest BCUT2D eigenvalue weighted by Gasteiger charge is 2.21. The van der Waals surface area contributed by atoms with Crippen molar-refractivity contribution in [2.75, 3.05) is 5.73 Å². The number of rotatable bonds is 5. The van der Waals surface area contributed by atoms with Crippen LogP contribution in [0.25, 0.3) is 33.8 Å². The average Bonchev–Trinajstić information content (AvgIpc) is 3.07. The van der Waals surface area contributed by atoms with Crippen molar-refractivity contribution in [3.05, 3.63) is 73.4 Å². The quantitative estimate of drug-likeness (QED) is 0.391. The summed E-state index contributed by atoms with van der Waals surface area (Å²) < 4.78 is 1.90. The van der Waals surface area contributed by atoms with E-state index in [1.54, 1.807) is 12.3 Å². The van der Waals surface area contributed by atoms with Crippen LogP contribution < -0.4 is 5.73 Å². The highest BCUT2D eigenvalue weighted by molar-refractivity contribution is 6.19. The molecule has 3 heterocycles. The van der Waals surface area contributed by atoms with Gasteiger partial charge < -0.3 is 5.73 Å². The van der Waals surface area contributed by atoms with E-state index in [9.17, 15) is 0 Å². The van der Waals surface area contributed by atoms with Gasteiger partial charge in [-0.1, -0.05) is 48.0 Å². The first-order valence-corrected chi connectivity index (χ1v) is 9.03. The lowest BCUT2D eigenvalue weighted by molar-refractivity contribution is 0.698. The van der Waals surface area contributed by atoms with Gasteiger partial charge in [0.25, 0.3) is 0 Å². The highest BCUT2D eigenvalue weighted by atomic mass is 35.5. The number of nitrogen functional groups attached to an aromatic ring is 1. The molecule has 0 radical (unpaired) electrons. The second kappa shape index (κ2) is 7.21. The van der Waals surface area contributed by atoms with Crippen LogP contribution in [0.1, 0.15) is 11.9 Å². The zero-order valence-corrected chi connectivity index (χ0v) is 15.3. The smallest absolute Gasteiger partial charge is 0.162 e. The molecule has 4 rings (SSSR count). The number of fused-ring (bicyclic) bond motifs is 1. The standard InChI is InChI=1S/C21H18ClN5/c1-2-7-18(22)27-20(15-10-6-13-24-19(15)23)26-17-12-11-16(25-21(17)27)14-8-4-3-5-9-14/h2-6,8-13,18H,1,7H2,(H2,23,24). The number of imidazole rings is 1. The Morgan fingerprint density at radius 1 is 1.07 bits per heavy atom. The van der Waals surface area contributed by atoms with E-state index in [-0.39, 0.29) is 5.50 Å². The van der Waals surface area contributed by atoms with E-state index in [1.165, 1.54) is 0 Å². The van der Waals surface area contributed by atoms with Gasteiger partial charge in [0.05, 0.1) is 11.3 Å². The summed E-state index contributed by atoms with van der Waals surface area (Å²) in [4.78, 5) is 13.8. The molecule has 2 N–H and O–H groups in total. The predicted molar refractivity (Wildman–Crippen MR) is 110 cm³/mol. The van der Waals surface area contributed by atoms with Crippen LogP contribution in [0.15, 0.2) is 73.4 Å². The molecule has 4 aromatic rings. The van der Waals surface area contributed by atoms with Crippen molar-refractivity contribution in [3.63, 3.8) is 0 Å². The van der Waals surface area contributed by atoms with Crippen LogP contribution >= 0.6 is 11.6 Å². The van der Waals surface area contributed by atoms with Gasteiger partial charge >= 0.3 is 0 Å². The Labute approximate surface area is 162 Å². The summed E-state index contributed by atoms with van der Waals surface area (Å²) in [6.07, 6.45) is 4.00. The minimum atomic E-state index is -0.388. The molecule has 1 aromatic carbocycles. The molecule has 0 aliphatic heterocycles. The molecule has 0 saturated carbocycles. The first kappa shape index (κ1) is 17.2. The van der Waals surface area contributed by atoms with Gasteiger partial charge in [-0.05, 0) is 30.7 Å². The number of pyridine rings is 2. The molecule has 0 aliphatic rings. The second-order valence-corrected chi connectivity index (χ2v) is 6.61. The number of alkyl halides is 1. The third kappa shape index (κ3) is 3.17. The molecule has 0 spiro atoms. The number of hydrogen-bond donors (Lipinski definition) is 1. The molecule has 0 saturated heterocycles. The van der Waals surface area contributed by atoms with Crippen LogP contribution in [0.5, 0.6) is 0 Å². The Balaban J connectivity index is 1.97. The van der Waals surface area contributed by atoms with Crippen LogP contribution in [0, 0.1) is 0 Å². The molecule has 3 aromatic heterocycles. The molecule has 1 unspecified atom stereocenters. The minimum Gasteiger partial charge on any atom is -0.383 e. The van der Waals surface area contributed by atoms with Gasteiger partial charge in [-0.3, -0.25) is 4.57 Å². The lowest BCUT2D eigenvalue weighted by Gasteiger charge is -2.14. The average molecular weight is 376 g/mol. The summed E-state index contributed by atoms with van der Waals surface area (Å²) in [6, 6.07) is 17.6. The molecule has 6 heteroatoms. The van der Waals surface area contributed by atoms with Gasteiger partial charge in [0.1, 0.15) is 22.7 Å². The predicted octanol–water partition coefficient (Wildman–Crippen LogP) is 5.06. The lowest BCUT2D eigenvalue weighted by Crippen LogP contribution is -2.07. The van der Waals surface area contributed by atoms with Gasteiger partial charge in [0.2, 0.25) is 0 Å². The van der Waals surface area contributed by atoms with E-state index in [4.69, 9.17) is 27.3 Å². The minimum absolute atomic E-state index is 0.388. The summed E-state index contributed by atoms with van der Waals surface area (Å²) in [5, 5.41) is 0. The molecule has 0 bridgehead atoms. The van der Waals surface area contributed by atoms with Crippen LogP contribution in [0.2, 0.25) is 0 Å². The Morgan fingerprint density at radius 2 is 1.89 bits per heavy atom. The van der Waals surface area contributed by atoms with Crippen LogP contribution in [-0.2, 0) is 0 Å². The lowest BCUT2D eigenvalue weighted by atomic mass is 10.1. The third-order valence-electron chi connectivity index (χ3n) is 4.33. The largest absolute Gasteiger partial charge is 0.383 e. The molecule has 5 nitrogen and oxygen atoms in total. The summed E-state index contributed by atoms with van der Waals surface area (Å²) in [7, 11) is 0. The zero-order valence-electron chi connectivity index (χ0n) is 14.6. The molecule has 0 aliphatic carbocycles. The number of hydrogen-bond acceptors (Lipinski definition) is 4. The van der Waals surface area contributed by atoms with Gasteiger partial charge in [-0.15, -0.1) is 6.58 Å². The molecule has 1 atom stereocenters. The summed E-state index contributed by atoms with van der Waals surface area (Å²) in [6.45, 7) is 3.80. The first-order valence-electron chi connectivity index (χ1n) is 8.59. The van der Waals surface area contributed by atoms with Crippen molar-refractivity contribution in [1.82, 2.24) is 19.5 Å². The van der Waals surface area contributed by atoms with E-state index < -0.39 is 0 Å². The van der Waals surface area contributed by atoms with Gasteiger partial charge in [-0.25, -0.2) is 15.0 Å². The second-order valence-electron chi connectivity index (χ2n) is 6.11. The number of anilines is 1. The van der Waals surface area contributed by atoms with Crippen molar-refractivity contribution in [3.8, 4) is 22.6 Å². The van der Waals surface area contributed by atoms with Gasteiger partial charge in [-0.2, -0.15) is 0 Å². The number of benzene rings is 1. The van der Waals surface area contributed by atoms with Crippen LogP contribution in [0.4, 0.5) is 5.82 Å². The normalized spacial score (nSPS) is 12.2. The van der Waals surface area contributed by atoms with E-state index in [0.717, 1.165) is 22.3 Å². The monoisotopic (exact) mass is 375 g/mol. The molecular formula is C21H18ClN5. The summed E-state index contributed by atoms with van der Waals surface area (Å²) >= 11 is 6.68. The number of allylic oxidation sites excluding steroid dienone is 1. The Hall–Kier alpha value is -3.18. The fraction of sp³-hybridized carbons (Fsp3) is 0.0952. The first-order chi connectivity index (χ1) is 13.2. The number of halogens is 1. The maximum Gasteiger partial charge on any atom is 0.162 e. The third-order valence-corrected chi connectivity index (χ3v) is 4.70. The fourth-order valence-electron chi connectivity index (χ4n) is 3.05. The van der Waals surface area contributed by atoms with E-state index in [0.29, 0.717) is 23.7 Å². The molecule has 0 fully saturated rings. The molecule has 0 amide bonds. The zero-order chi connectivity index (χ0) is 18.8. The Morgan fingerprint density at radius 3 is 2.63 bits per heavy atom. The number of aromatic nitrogens is 4. The Kier molecular flexibility index (Phi) is 4.60. The fourth-order valence-corrected chi connectivity index (χ4v) is 3.36. The van der Waals surface area contributed by atoms with Crippen molar-refractivity contribution in [1.29, 1.82) is 0 Å². The topological polar surface area (TPSA) is 69.6 Å². The maximum atomic E-state index is 6.68. The SMILES string of the molecule is C=CCC(Cl)n1c(-c2cccnc2N)nc2ccc(-c3ccccc3)nc21. The van der Waals surface area contributed by atoms with E-state index in [2.05, 4.69) is 11.6 Å². The molecular weight excluding hydrogens is 358 g/mol. The van der Waals surface area contributed by atoms with Crippen LogP contribution in [-0.4, -0.2) is 19.5 Å². The highest BCUT2D eigenvalue weighted by Crippen LogP contribution is 2.34. The maximum absolute atomic E-state index is 6.68. The van der Waals surface area contributed by atoms with E-state index >= 15 is 0 Å². The molecule has 27 heavy (non-hydrogen) atoms. The summed E-state index contributed by atoms with van der Waals surface area (Å²) in [5.74, 6) is 1.05. The van der Waals surface area contributed by atoms with Gasteiger partial charge in [0.15, 0.2) is 5.65 Å².